The Morgan fingerprint density at radius 3 is 2.46 bits per heavy atom. The number of carbonyl (C=O) groups excluding carboxylic acids is 1. The van der Waals surface area contributed by atoms with Gasteiger partial charge in [0.15, 0.2) is 0 Å². The summed E-state index contributed by atoms with van der Waals surface area (Å²) in [4.78, 5) is 15.7. The van der Waals surface area contributed by atoms with E-state index in [2.05, 4.69) is 10.6 Å². The van der Waals surface area contributed by atoms with Gasteiger partial charge in [0, 0.05) is 25.5 Å². The van der Waals surface area contributed by atoms with Crippen LogP contribution in [0.2, 0.25) is 0 Å². The summed E-state index contributed by atoms with van der Waals surface area (Å²) in [5.41, 5.74) is 0.278. The fraction of sp³-hybridized carbons (Fsp3) is 0.389. The number of nitrogens with one attached hydrogen (secondary N) is 2. The summed E-state index contributed by atoms with van der Waals surface area (Å²) in [5, 5.41) is 7.51. The highest BCUT2D eigenvalue weighted by atomic mass is 32.2. The lowest BCUT2D eigenvalue weighted by Crippen LogP contribution is -2.36. The molecule has 1 heterocycles. The van der Waals surface area contributed by atoms with Gasteiger partial charge in [-0.05, 0) is 43.7 Å². The predicted octanol–water partition coefficient (Wildman–Crippen LogP) is 2.43. The van der Waals surface area contributed by atoms with Crippen molar-refractivity contribution in [3.63, 3.8) is 0 Å². The van der Waals surface area contributed by atoms with Crippen LogP contribution in [0, 0.1) is 0 Å². The molecule has 0 saturated heterocycles. The van der Waals surface area contributed by atoms with E-state index in [1.54, 1.807) is 11.3 Å². The Morgan fingerprint density at radius 1 is 1.21 bits per heavy atom. The smallest absolute Gasteiger partial charge is 0.319 e. The SMILES string of the molecule is COc1ccc(S(=O)(=O)N(C)C)cc1NC(=O)NCC(c1cccs1)N(C)C. The zero-order valence-electron chi connectivity index (χ0n) is 16.6. The van der Waals surface area contributed by atoms with Gasteiger partial charge in [0.2, 0.25) is 10.0 Å². The van der Waals surface area contributed by atoms with Gasteiger partial charge in [-0.3, -0.25) is 0 Å². The molecule has 0 radical (unpaired) electrons. The van der Waals surface area contributed by atoms with E-state index in [4.69, 9.17) is 4.74 Å². The van der Waals surface area contributed by atoms with Crippen LogP contribution in [-0.4, -0.2) is 65.5 Å². The minimum absolute atomic E-state index is 0.0353. The molecule has 0 aliphatic heterocycles. The molecule has 2 amide bonds. The third-order valence-corrected chi connectivity index (χ3v) is 6.93. The Balaban J connectivity index is 2.14. The minimum Gasteiger partial charge on any atom is -0.495 e. The molecule has 0 aliphatic rings. The van der Waals surface area contributed by atoms with Crippen molar-refractivity contribution in [2.45, 2.75) is 10.9 Å². The molecule has 28 heavy (non-hydrogen) atoms. The Labute approximate surface area is 170 Å². The van der Waals surface area contributed by atoms with Crippen molar-refractivity contribution < 1.29 is 17.9 Å². The highest BCUT2D eigenvalue weighted by molar-refractivity contribution is 7.89. The number of anilines is 1. The van der Waals surface area contributed by atoms with Gasteiger partial charge in [0.1, 0.15) is 5.75 Å². The topological polar surface area (TPSA) is 91.0 Å². The predicted molar refractivity (Wildman–Crippen MR) is 112 cm³/mol. The van der Waals surface area contributed by atoms with Crippen molar-refractivity contribution in [1.82, 2.24) is 14.5 Å². The van der Waals surface area contributed by atoms with Gasteiger partial charge in [0.05, 0.1) is 23.7 Å². The summed E-state index contributed by atoms with van der Waals surface area (Å²) in [6.45, 7) is 0.400. The average Bonchev–Trinajstić information content (AvgIpc) is 3.15. The van der Waals surface area contributed by atoms with E-state index >= 15 is 0 Å². The normalized spacial score (nSPS) is 12.8. The molecule has 0 aliphatic carbocycles. The Kier molecular flexibility index (Phi) is 7.41. The molecule has 1 unspecified atom stereocenters. The van der Waals surface area contributed by atoms with Gasteiger partial charge in [-0.2, -0.15) is 0 Å². The molecule has 2 N–H and O–H groups in total. The first-order chi connectivity index (χ1) is 13.2. The summed E-state index contributed by atoms with van der Waals surface area (Å²) < 4.78 is 31.0. The number of hydrogen-bond acceptors (Lipinski definition) is 6. The molecule has 1 atom stereocenters. The number of sulfonamides is 1. The molecule has 1 aromatic heterocycles. The van der Waals surface area contributed by atoms with Crippen LogP contribution in [0.1, 0.15) is 10.9 Å². The highest BCUT2D eigenvalue weighted by Gasteiger charge is 2.20. The first-order valence-electron chi connectivity index (χ1n) is 8.52. The number of nitrogens with zero attached hydrogens (tertiary/aromatic N) is 2. The molecule has 1 aromatic carbocycles. The van der Waals surface area contributed by atoms with Crippen molar-refractivity contribution >= 4 is 33.1 Å². The largest absolute Gasteiger partial charge is 0.495 e. The van der Waals surface area contributed by atoms with Crippen LogP contribution >= 0.6 is 11.3 Å². The second-order valence-electron chi connectivity index (χ2n) is 6.48. The van der Waals surface area contributed by atoms with Gasteiger partial charge in [-0.1, -0.05) is 6.07 Å². The standard InChI is InChI=1S/C18H26N4O4S2/c1-21(2)15(17-7-6-10-27-17)12-19-18(23)20-14-11-13(8-9-16(14)26-5)28(24,25)22(3)4/h6-11,15H,12H2,1-5H3,(H2,19,20,23). The van der Waals surface area contributed by atoms with Gasteiger partial charge in [0.25, 0.3) is 0 Å². The first kappa shape index (κ1) is 22.2. The van der Waals surface area contributed by atoms with Gasteiger partial charge in [-0.15, -0.1) is 11.3 Å². The Morgan fingerprint density at radius 2 is 1.93 bits per heavy atom. The lowest BCUT2D eigenvalue weighted by Gasteiger charge is -2.23. The summed E-state index contributed by atoms with van der Waals surface area (Å²) in [6, 6.07) is 7.92. The van der Waals surface area contributed by atoms with Crippen molar-refractivity contribution in [3.8, 4) is 5.75 Å². The van der Waals surface area contributed by atoms with E-state index in [1.165, 1.54) is 39.4 Å². The zero-order valence-corrected chi connectivity index (χ0v) is 18.2. The number of hydrogen-bond donors (Lipinski definition) is 2. The van der Waals surface area contributed by atoms with E-state index in [0.717, 1.165) is 9.18 Å². The van der Waals surface area contributed by atoms with E-state index in [1.807, 2.05) is 36.5 Å². The van der Waals surface area contributed by atoms with E-state index < -0.39 is 16.1 Å². The number of urea groups is 1. The minimum atomic E-state index is -3.63. The van der Waals surface area contributed by atoms with Crippen molar-refractivity contribution in [2.24, 2.45) is 0 Å². The molecule has 0 spiro atoms. The molecule has 8 nitrogen and oxygen atoms in total. The van der Waals surface area contributed by atoms with Crippen LogP contribution in [-0.2, 0) is 10.0 Å². The van der Waals surface area contributed by atoms with Crippen LogP contribution in [0.4, 0.5) is 10.5 Å². The number of rotatable bonds is 8. The zero-order chi connectivity index (χ0) is 20.9. The fourth-order valence-corrected chi connectivity index (χ4v) is 4.38. The second kappa shape index (κ2) is 9.37. The number of thiophene rings is 1. The molecule has 0 fully saturated rings. The van der Waals surface area contributed by atoms with Crippen molar-refractivity contribution in [1.29, 1.82) is 0 Å². The van der Waals surface area contributed by atoms with E-state index in [9.17, 15) is 13.2 Å². The molecule has 0 saturated carbocycles. The van der Waals surface area contributed by atoms with Crippen LogP contribution < -0.4 is 15.4 Å². The number of likely N-dealkylation sites (N-methyl/N-ethyl adjacent to an activating group) is 1. The third-order valence-electron chi connectivity index (χ3n) is 4.15. The molecular formula is C18H26N4O4S2. The van der Waals surface area contributed by atoms with Gasteiger partial charge < -0.3 is 20.3 Å². The lowest BCUT2D eigenvalue weighted by atomic mass is 10.2. The molecule has 2 aromatic rings. The molecule has 0 bridgehead atoms. The maximum absolute atomic E-state index is 12.4. The number of amides is 2. The number of methoxy groups -OCH3 is 1. The Hall–Kier alpha value is -2.14. The van der Waals surface area contributed by atoms with E-state index in [0.29, 0.717) is 12.3 Å². The molecule has 10 heteroatoms. The van der Waals surface area contributed by atoms with Crippen molar-refractivity contribution in [2.75, 3.05) is 47.2 Å². The van der Waals surface area contributed by atoms with E-state index in [-0.39, 0.29) is 16.6 Å². The summed E-state index contributed by atoms with van der Waals surface area (Å²) in [6.07, 6.45) is 0. The van der Waals surface area contributed by atoms with Crippen molar-refractivity contribution in [3.05, 3.63) is 40.6 Å². The lowest BCUT2D eigenvalue weighted by molar-refractivity contribution is 0.243. The number of ether oxygens (including phenoxy) is 1. The number of carbonyl (C=O) groups is 1. The average molecular weight is 427 g/mol. The van der Waals surface area contributed by atoms with Crippen LogP contribution in [0.25, 0.3) is 0 Å². The summed E-state index contributed by atoms with van der Waals surface area (Å²) in [5.74, 6) is 0.371. The fourth-order valence-electron chi connectivity index (χ4n) is 2.53. The first-order valence-corrected chi connectivity index (χ1v) is 10.8. The quantitative estimate of drug-likeness (QED) is 0.677. The third kappa shape index (κ3) is 5.22. The maximum atomic E-state index is 12.4. The Bertz CT molecular complexity index is 896. The molecule has 154 valence electrons. The van der Waals surface area contributed by atoms with Crippen LogP contribution in [0.5, 0.6) is 5.75 Å². The van der Waals surface area contributed by atoms with Crippen LogP contribution in [0.15, 0.2) is 40.6 Å². The second-order valence-corrected chi connectivity index (χ2v) is 9.61. The van der Waals surface area contributed by atoms with Gasteiger partial charge >= 0.3 is 6.03 Å². The summed E-state index contributed by atoms with van der Waals surface area (Å²) >= 11 is 1.62. The number of benzene rings is 1. The maximum Gasteiger partial charge on any atom is 0.319 e. The van der Waals surface area contributed by atoms with Gasteiger partial charge in [-0.25, -0.2) is 17.5 Å². The summed E-state index contributed by atoms with van der Waals surface area (Å²) in [7, 11) is 4.62. The van der Waals surface area contributed by atoms with Crippen LogP contribution in [0.3, 0.4) is 0 Å². The molecular weight excluding hydrogens is 400 g/mol. The monoisotopic (exact) mass is 426 g/mol. The molecule has 2 rings (SSSR count). The highest BCUT2D eigenvalue weighted by Crippen LogP contribution is 2.28.